The Morgan fingerprint density at radius 1 is 1.00 bits per heavy atom. The molecule has 252 valence electrons. The summed E-state index contributed by atoms with van der Waals surface area (Å²) in [6.07, 6.45) is 5.56. The lowest BCUT2D eigenvalue weighted by Gasteiger charge is -2.50. The number of H-pyrrole nitrogens is 1. The Bertz CT molecular complexity index is 1480. The van der Waals surface area contributed by atoms with E-state index in [-0.39, 0.29) is 6.10 Å². The van der Waals surface area contributed by atoms with E-state index < -0.39 is 5.41 Å². The number of rotatable bonds is 12. The number of hydrogen-bond acceptors (Lipinski definition) is 6. The third kappa shape index (κ3) is 6.98. The van der Waals surface area contributed by atoms with Crippen LogP contribution in [0.1, 0.15) is 74.9 Å². The van der Waals surface area contributed by atoms with E-state index in [0.717, 1.165) is 84.2 Å². The number of hydrogen-bond donors (Lipinski definition) is 2. The number of aliphatic hydroxyl groups excluding tert-OH is 1. The summed E-state index contributed by atoms with van der Waals surface area (Å²) in [5.41, 5.74) is 5.88. The van der Waals surface area contributed by atoms with Crippen LogP contribution in [0.15, 0.2) is 24.3 Å². The van der Waals surface area contributed by atoms with Crippen molar-refractivity contribution >= 4 is 27.5 Å². The molecule has 3 fully saturated rings. The average Bonchev–Trinajstić information content (AvgIpc) is 3.58. The van der Waals surface area contributed by atoms with Crippen LogP contribution in [0.25, 0.3) is 21.5 Å². The molecule has 2 aliphatic heterocycles. The van der Waals surface area contributed by atoms with Gasteiger partial charge in [0.05, 0.1) is 17.2 Å². The molecule has 46 heavy (non-hydrogen) atoms. The van der Waals surface area contributed by atoms with E-state index in [1.165, 1.54) is 62.3 Å². The Morgan fingerprint density at radius 3 is 2.35 bits per heavy atom. The second kappa shape index (κ2) is 14.1. The minimum Gasteiger partial charge on any atom is -0.390 e. The zero-order valence-electron chi connectivity index (χ0n) is 29.2. The fraction of sp³-hybridized carbons (Fsp3) is 0.658. The van der Waals surface area contributed by atoms with Crippen molar-refractivity contribution in [1.29, 1.82) is 0 Å². The lowest BCUT2D eigenvalue weighted by Crippen LogP contribution is -2.57. The molecule has 3 aromatic rings. The number of nitrogens with one attached hydrogen (secondary N) is 1. The number of aryl methyl sites for hydroxylation is 2. The molecule has 1 amide bonds. The number of piperidine rings is 1. The Kier molecular flexibility index (Phi) is 10.3. The number of nitrogens with zero attached hydrogens (tertiary/aromatic N) is 4. The molecule has 7 nitrogen and oxygen atoms in total. The summed E-state index contributed by atoms with van der Waals surface area (Å²) < 4.78 is 0. The highest BCUT2D eigenvalue weighted by molar-refractivity contribution is 7.19. The first-order valence-corrected chi connectivity index (χ1v) is 18.8. The summed E-state index contributed by atoms with van der Waals surface area (Å²) in [7, 11) is 0. The van der Waals surface area contributed by atoms with Gasteiger partial charge in [0.25, 0.3) is 0 Å². The normalized spacial score (nSPS) is 22.0. The van der Waals surface area contributed by atoms with Crippen LogP contribution in [-0.4, -0.2) is 113 Å². The number of aliphatic hydroxyl groups is 1. The molecular formula is C38H57N5O2S. The van der Waals surface area contributed by atoms with E-state index >= 15 is 0 Å². The van der Waals surface area contributed by atoms with Gasteiger partial charge in [0.1, 0.15) is 4.83 Å². The molecule has 2 aromatic heterocycles. The quantitative estimate of drug-likeness (QED) is 0.251. The van der Waals surface area contributed by atoms with Gasteiger partial charge in [-0.2, -0.15) is 0 Å². The van der Waals surface area contributed by atoms with Crippen molar-refractivity contribution in [3.8, 4) is 11.3 Å². The van der Waals surface area contributed by atoms with Gasteiger partial charge in [0.2, 0.25) is 5.91 Å². The maximum Gasteiger partial charge on any atom is 0.233 e. The molecule has 8 heteroatoms. The molecule has 1 aromatic carbocycles. The standard InChI is InChI=1S/C38H57N5O2S/c1-7-40(8-2)24-30(44)25-42-18-16-41(17-19-42)15-13-31-32-23-34(38(5,6)37(45)43-14-9-10-28-11-12-33(28)43)46-36(32)39-35(31)29-21-26(3)20-27(4)22-29/h20-23,28,30,33,39,44H,7-19,24-25H2,1-6H3. The van der Waals surface area contributed by atoms with Crippen molar-refractivity contribution in [2.75, 3.05) is 65.4 Å². The minimum atomic E-state index is -0.536. The third-order valence-electron chi connectivity index (χ3n) is 11.2. The number of β-amino-alcohol motifs (C(OH)–C–C–N with tert-alkyl or cyclic N) is 1. The summed E-state index contributed by atoms with van der Waals surface area (Å²) in [5, 5.41) is 12.0. The fourth-order valence-electron chi connectivity index (χ4n) is 8.27. The maximum absolute atomic E-state index is 14.1. The molecule has 2 N–H and O–H groups in total. The molecule has 3 atom stereocenters. The molecule has 2 saturated heterocycles. The van der Waals surface area contributed by atoms with Crippen molar-refractivity contribution in [2.45, 2.75) is 91.2 Å². The topological polar surface area (TPSA) is 66.0 Å². The zero-order chi connectivity index (χ0) is 32.6. The van der Waals surface area contributed by atoms with E-state index in [2.05, 4.69) is 90.4 Å². The molecule has 3 unspecified atom stereocenters. The van der Waals surface area contributed by atoms with Crippen LogP contribution in [0.3, 0.4) is 0 Å². The number of piperazine rings is 1. The van der Waals surface area contributed by atoms with Crippen LogP contribution < -0.4 is 0 Å². The van der Waals surface area contributed by atoms with E-state index in [1.54, 1.807) is 11.3 Å². The lowest BCUT2D eigenvalue weighted by molar-refractivity contribution is -0.145. The number of likely N-dealkylation sites (N-methyl/N-ethyl adjacent to an activating group) is 1. The van der Waals surface area contributed by atoms with Crippen molar-refractivity contribution in [2.24, 2.45) is 5.92 Å². The number of likely N-dealkylation sites (tertiary alicyclic amines) is 1. The summed E-state index contributed by atoms with van der Waals surface area (Å²) >= 11 is 1.78. The first-order chi connectivity index (χ1) is 22.1. The van der Waals surface area contributed by atoms with E-state index in [1.807, 2.05) is 0 Å². The van der Waals surface area contributed by atoms with E-state index in [4.69, 9.17) is 0 Å². The van der Waals surface area contributed by atoms with Crippen LogP contribution in [0.2, 0.25) is 0 Å². The Balaban J connectivity index is 1.19. The average molecular weight is 648 g/mol. The number of aromatic nitrogens is 1. The highest BCUT2D eigenvalue weighted by Crippen LogP contribution is 2.44. The molecule has 0 spiro atoms. The smallest absolute Gasteiger partial charge is 0.233 e. The van der Waals surface area contributed by atoms with E-state index in [9.17, 15) is 9.90 Å². The van der Waals surface area contributed by atoms with Crippen molar-refractivity contribution in [1.82, 2.24) is 24.6 Å². The molecule has 6 rings (SSSR count). The van der Waals surface area contributed by atoms with E-state index in [0.29, 0.717) is 11.9 Å². The minimum absolute atomic E-state index is 0.297. The largest absolute Gasteiger partial charge is 0.390 e. The number of thiophene rings is 1. The lowest BCUT2D eigenvalue weighted by atomic mass is 9.72. The predicted octanol–water partition coefficient (Wildman–Crippen LogP) is 6.05. The summed E-state index contributed by atoms with van der Waals surface area (Å²) in [5.74, 6) is 1.03. The fourth-order valence-corrected chi connectivity index (χ4v) is 9.45. The van der Waals surface area contributed by atoms with Gasteiger partial charge in [0, 0.05) is 68.7 Å². The Labute approximate surface area is 280 Å². The maximum atomic E-state index is 14.1. The second-order valence-electron chi connectivity index (χ2n) is 14.9. The van der Waals surface area contributed by atoms with Crippen LogP contribution in [0, 0.1) is 19.8 Å². The summed E-state index contributed by atoms with van der Waals surface area (Å²) in [6.45, 7) is 22.4. The van der Waals surface area contributed by atoms with Gasteiger partial charge in [-0.1, -0.05) is 31.0 Å². The van der Waals surface area contributed by atoms with Gasteiger partial charge < -0.3 is 24.8 Å². The van der Waals surface area contributed by atoms with Crippen LogP contribution >= 0.6 is 11.3 Å². The number of amides is 1. The van der Waals surface area contributed by atoms with Crippen LogP contribution in [-0.2, 0) is 16.6 Å². The second-order valence-corrected chi connectivity index (χ2v) is 16.0. The summed E-state index contributed by atoms with van der Waals surface area (Å²) in [6, 6.07) is 9.64. The molecule has 1 saturated carbocycles. The van der Waals surface area contributed by atoms with Gasteiger partial charge >= 0.3 is 0 Å². The number of fused-ring (bicyclic) bond motifs is 2. The first kappa shape index (κ1) is 33.7. The predicted molar refractivity (Wildman–Crippen MR) is 192 cm³/mol. The van der Waals surface area contributed by atoms with Crippen molar-refractivity contribution < 1.29 is 9.90 Å². The molecule has 4 heterocycles. The Morgan fingerprint density at radius 2 is 1.70 bits per heavy atom. The monoisotopic (exact) mass is 647 g/mol. The highest BCUT2D eigenvalue weighted by atomic mass is 32.1. The van der Waals surface area contributed by atoms with Crippen molar-refractivity contribution in [3.05, 3.63) is 45.8 Å². The van der Waals surface area contributed by atoms with Crippen molar-refractivity contribution in [3.63, 3.8) is 0 Å². The van der Waals surface area contributed by atoms with Gasteiger partial charge in [-0.3, -0.25) is 9.69 Å². The van der Waals surface area contributed by atoms with Gasteiger partial charge in [-0.05, 0) is 108 Å². The van der Waals surface area contributed by atoms with Crippen LogP contribution in [0.5, 0.6) is 0 Å². The SMILES string of the molecule is CCN(CC)CC(O)CN1CCN(CCc2c(-c3cc(C)cc(C)c3)[nH]c3sc(C(C)(C)C(=O)N4CCCC5CCC54)cc23)CC1. The number of carbonyl (C=O) groups excluding carboxylic acids is 1. The number of benzene rings is 1. The zero-order valence-corrected chi connectivity index (χ0v) is 30.0. The summed E-state index contributed by atoms with van der Waals surface area (Å²) in [4.78, 5) is 29.8. The number of aromatic amines is 1. The molecule has 1 aliphatic carbocycles. The van der Waals surface area contributed by atoms with Crippen LogP contribution in [0.4, 0.5) is 0 Å². The molecule has 3 aliphatic rings. The number of carbonyl (C=O) groups is 1. The first-order valence-electron chi connectivity index (χ1n) is 18.0. The van der Waals surface area contributed by atoms with Gasteiger partial charge in [0.15, 0.2) is 0 Å². The highest BCUT2D eigenvalue weighted by Gasteiger charge is 2.45. The molecule has 0 bridgehead atoms. The molecule has 0 radical (unpaired) electrons. The Hall–Kier alpha value is -2.23. The third-order valence-corrected chi connectivity index (χ3v) is 12.6. The van der Waals surface area contributed by atoms with Gasteiger partial charge in [-0.15, -0.1) is 11.3 Å². The van der Waals surface area contributed by atoms with Gasteiger partial charge in [-0.25, -0.2) is 0 Å². The molecular weight excluding hydrogens is 591 g/mol.